The second-order valence-electron chi connectivity index (χ2n) is 14.2. The summed E-state index contributed by atoms with van der Waals surface area (Å²) in [5.41, 5.74) is -0.200. The van der Waals surface area contributed by atoms with Gasteiger partial charge in [-0.1, -0.05) is 42.5 Å². The van der Waals surface area contributed by atoms with Crippen molar-refractivity contribution in [1.82, 2.24) is 0 Å². The Balaban J connectivity index is 0. The highest BCUT2D eigenvalue weighted by atomic mass is 31.2. The van der Waals surface area contributed by atoms with E-state index in [1.165, 1.54) is 55.2 Å². The summed E-state index contributed by atoms with van der Waals surface area (Å²) < 4.78 is 43.2. The predicted octanol–water partition coefficient (Wildman–Crippen LogP) is 8.40. The molecule has 1 N–H and O–H groups in total. The third-order valence-electron chi connectivity index (χ3n) is 6.12. The highest BCUT2D eigenvalue weighted by molar-refractivity contribution is 7.52. The van der Waals surface area contributed by atoms with Gasteiger partial charge < -0.3 is 33.1 Å². The first-order chi connectivity index (χ1) is 22.5. The van der Waals surface area contributed by atoms with Gasteiger partial charge in [-0.15, -0.1) is 0 Å². The Kier molecular flexibility index (Phi) is 21.1. The number of aliphatic hydroxyl groups excluding tert-OH is 1. The Morgan fingerprint density at radius 2 is 1.02 bits per heavy atom. The number of ether oxygens (including phenoxy) is 4. The lowest BCUT2D eigenvalue weighted by atomic mass is 9.96. The molecule has 2 rings (SSSR count). The van der Waals surface area contributed by atoms with E-state index < -0.39 is 47.9 Å². The summed E-state index contributed by atoms with van der Waals surface area (Å²) in [6.07, 6.45) is -0.192. The average Bonchev–Trinajstić information content (AvgIpc) is 3.01. The average molecular weight is 741 g/mol. The number of rotatable bonds is 15. The van der Waals surface area contributed by atoms with Crippen LogP contribution in [0.4, 0.5) is 0 Å². The van der Waals surface area contributed by atoms with Gasteiger partial charge in [0.15, 0.2) is 0 Å². The number of carbonyl (C=O) groups excluding carboxylic acids is 4. The molecule has 0 heterocycles. The van der Waals surface area contributed by atoms with E-state index in [2.05, 4.69) is 0 Å². The number of hydrogen-bond acceptors (Lipinski definition) is 12. The van der Waals surface area contributed by atoms with Gasteiger partial charge in [0.05, 0.1) is 61.4 Å². The maximum Gasteiger partial charge on any atom is 0.338 e. The van der Waals surface area contributed by atoms with E-state index in [4.69, 9.17) is 33.1 Å². The lowest BCUT2D eigenvalue weighted by molar-refractivity contribution is 0.00673. The van der Waals surface area contributed by atoms with E-state index in [-0.39, 0.29) is 47.4 Å². The van der Waals surface area contributed by atoms with Gasteiger partial charge in [0.2, 0.25) is 0 Å². The maximum absolute atomic E-state index is 12.2. The molecule has 0 aliphatic rings. The Morgan fingerprint density at radius 3 is 1.37 bits per heavy atom. The molecule has 0 saturated heterocycles. The van der Waals surface area contributed by atoms with Crippen LogP contribution in [0.5, 0.6) is 0 Å². The summed E-state index contributed by atoms with van der Waals surface area (Å²) in [6.45, 7) is 19.8. The fourth-order valence-corrected chi connectivity index (χ4v) is 4.57. The third-order valence-corrected chi connectivity index (χ3v) is 7.45. The van der Waals surface area contributed by atoms with E-state index in [9.17, 15) is 23.7 Å². The zero-order chi connectivity index (χ0) is 37.6. The number of carbonyl (C=O) groups is 4. The molecular formula is C38H61O12P. The molecular weight excluding hydrogens is 679 g/mol. The molecule has 0 aromatic heterocycles. The Hall–Kier alpha value is -3.57. The molecule has 2 aromatic carbocycles. The summed E-state index contributed by atoms with van der Waals surface area (Å²) in [5.74, 6) is -1.89. The van der Waals surface area contributed by atoms with E-state index in [0.717, 1.165) is 0 Å². The van der Waals surface area contributed by atoms with Crippen LogP contribution in [0.3, 0.4) is 0 Å². The molecule has 13 heteroatoms. The van der Waals surface area contributed by atoms with Crippen molar-refractivity contribution in [1.29, 1.82) is 0 Å². The van der Waals surface area contributed by atoms with E-state index >= 15 is 0 Å². The highest BCUT2D eigenvalue weighted by Gasteiger charge is 2.27. The second kappa shape index (κ2) is 21.7. The first-order valence-electron chi connectivity index (χ1n) is 16.0. The minimum absolute atomic E-state index is 0. The van der Waals surface area contributed by atoms with Gasteiger partial charge in [-0.25, -0.2) is 19.2 Å². The number of hydrogen-bond donors (Lipinski definition) is 1. The molecule has 0 bridgehead atoms. The zero-order valence-corrected chi connectivity index (χ0v) is 31.5. The Labute approximate surface area is 305 Å². The molecule has 0 saturated carbocycles. The van der Waals surface area contributed by atoms with Gasteiger partial charge in [0.1, 0.15) is 5.60 Å². The molecule has 0 fully saturated rings. The van der Waals surface area contributed by atoms with Crippen LogP contribution in [-0.4, -0.2) is 80.4 Å². The molecule has 1 unspecified atom stereocenters. The lowest BCUT2D eigenvalue weighted by Crippen LogP contribution is -2.27. The van der Waals surface area contributed by atoms with Crippen molar-refractivity contribution < 1.29 is 56.8 Å². The maximum atomic E-state index is 12.2. The van der Waals surface area contributed by atoms with Gasteiger partial charge in [-0.2, -0.15) is 0 Å². The minimum atomic E-state index is -3.11. The zero-order valence-electron chi connectivity index (χ0n) is 30.6. The van der Waals surface area contributed by atoms with Gasteiger partial charge in [0.25, 0.3) is 0 Å². The quantitative estimate of drug-likeness (QED) is 0.106. The van der Waals surface area contributed by atoms with Crippen molar-refractivity contribution in [2.45, 2.75) is 95.8 Å². The molecule has 0 aliphatic carbocycles. The Morgan fingerprint density at radius 1 is 0.647 bits per heavy atom. The number of esters is 4. The summed E-state index contributed by atoms with van der Waals surface area (Å²) in [7, 11) is -3.11. The predicted molar refractivity (Wildman–Crippen MR) is 198 cm³/mol. The minimum Gasteiger partial charge on any atom is -0.461 e. The van der Waals surface area contributed by atoms with E-state index in [1.54, 1.807) is 55.4 Å². The summed E-state index contributed by atoms with van der Waals surface area (Å²) in [5, 5.41) is 9.10. The molecule has 0 amide bonds. The van der Waals surface area contributed by atoms with Crippen molar-refractivity contribution >= 4 is 31.5 Å². The van der Waals surface area contributed by atoms with Gasteiger partial charge in [-0.3, -0.25) is 4.57 Å². The number of aliphatic hydroxyl groups is 1. The molecule has 2 aromatic rings. The van der Waals surface area contributed by atoms with Gasteiger partial charge in [0, 0.05) is 17.5 Å². The first kappa shape index (κ1) is 49.5. The normalized spacial score (nSPS) is 12.5. The molecule has 1 atom stereocenters. The summed E-state index contributed by atoms with van der Waals surface area (Å²) in [6, 6.07) is 12.2. The largest absolute Gasteiger partial charge is 0.461 e. The smallest absolute Gasteiger partial charge is 0.338 e. The lowest BCUT2D eigenvalue weighted by Gasteiger charge is -2.25. The summed E-state index contributed by atoms with van der Waals surface area (Å²) >= 11 is 0. The van der Waals surface area contributed by atoms with Crippen LogP contribution in [0.15, 0.2) is 48.5 Å². The third kappa shape index (κ3) is 20.2. The monoisotopic (exact) mass is 740 g/mol. The van der Waals surface area contributed by atoms with Gasteiger partial charge >= 0.3 is 31.5 Å². The van der Waals surface area contributed by atoms with Crippen molar-refractivity contribution in [3.63, 3.8) is 0 Å². The fraction of sp³-hybridized carbons (Fsp3) is 0.579. The molecule has 0 radical (unpaired) electrons. The Bertz CT molecular complexity index is 1420. The van der Waals surface area contributed by atoms with Crippen LogP contribution in [0.1, 0.15) is 126 Å². The topological polar surface area (TPSA) is 161 Å². The molecule has 12 nitrogen and oxygen atoms in total. The molecule has 0 aliphatic heterocycles. The van der Waals surface area contributed by atoms with Crippen LogP contribution < -0.4 is 0 Å². The van der Waals surface area contributed by atoms with Crippen molar-refractivity contribution in [2.24, 2.45) is 10.8 Å². The van der Waals surface area contributed by atoms with Gasteiger partial charge in [-0.05, 0) is 90.1 Å². The van der Waals surface area contributed by atoms with Crippen LogP contribution in [0.2, 0.25) is 0 Å². The fourth-order valence-electron chi connectivity index (χ4n) is 3.44. The van der Waals surface area contributed by atoms with Crippen LogP contribution in [-0.2, 0) is 32.6 Å². The van der Waals surface area contributed by atoms with Crippen molar-refractivity contribution in [3.8, 4) is 0 Å². The van der Waals surface area contributed by atoms with E-state index in [1.807, 2.05) is 13.8 Å². The second-order valence-corrected chi connectivity index (χ2v) is 16.3. The molecule has 51 heavy (non-hydrogen) atoms. The standard InChI is InChI=1S/C20H31O7P.C16H22O5.2CH4/c1-8-25-28(7,23)26-14-20(5,6)13-24-17(21)15-9-11-16(12-10-15)18(22)27-19(2,3)4;1-11(2)21-15(19)13-7-5-12(6-8-13)14(18)20-10-16(3,4)9-17;;/h9-12H,8,13-14H2,1-7H3;5-8,11,17H,9-10H2,1-4H3;2*1H4. The van der Waals surface area contributed by atoms with Crippen molar-refractivity contribution in [2.75, 3.05) is 39.7 Å². The number of benzene rings is 2. The highest BCUT2D eigenvalue weighted by Crippen LogP contribution is 2.45. The van der Waals surface area contributed by atoms with Crippen LogP contribution in [0.25, 0.3) is 0 Å². The molecule has 290 valence electrons. The van der Waals surface area contributed by atoms with Crippen LogP contribution in [0, 0.1) is 10.8 Å². The van der Waals surface area contributed by atoms with E-state index in [0.29, 0.717) is 28.9 Å². The summed E-state index contributed by atoms with van der Waals surface area (Å²) in [4.78, 5) is 47.8. The van der Waals surface area contributed by atoms with Crippen molar-refractivity contribution in [3.05, 3.63) is 70.8 Å². The van der Waals surface area contributed by atoms with Crippen LogP contribution >= 0.6 is 7.60 Å². The molecule has 0 spiro atoms. The first-order valence-corrected chi connectivity index (χ1v) is 17.9. The SMILES string of the molecule is C.C.CC(C)OC(=O)c1ccc(C(=O)OCC(C)(C)CO)cc1.CCOP(C)(=O)OCC(C)(C)COC(=O)c1ccc(C(=O)OC(C)(C)C)cc1.